The molecule has 0 saturated carbocycles. The number of ether oxygens (including phenoxy) is 1. The maximum atomic E-state index is 6.73. The van der Waals surface area contributed by atoms with Crippen LogP contribution in [-0.2, 0) is 5.41 Å². The molecular formula is C55H37NOSi. The number of anilines is 3. The van der Waals surface area contributed by atoms with Gasteiger partial charge in [-0.1, -0.05) is 169 Å². The summed E-state index contributed by atoms with van der Waals surface area (Å²) in [5.74, 6) is 1.80. The summed E-state index contributed by atoms with van der Waals surface area (Å²) in [7, 11) is -2.72. The van der Waals surface area contributed by atoms with Crippen LogP contribution in [0, 0.1) is 13.8 Å². The van der Waals surface area contributed by atoms with Gasteiger partial charge in [0.1, 0.15) is 11.5 Å². The average Bonchev–Trinajstić information content (AvgIpc) is 3.72. The molecule has 0 bridgehead atoms. The standard InChI is InChI=1S/C55H37NOSi/c1-34-23-27-40-41-28-24-35(2)32-52(41)58(51(40)31-34)50-22-12-5-15-39(50)42-29-26-37(33-53(42)58)56-47-19-9-6-16-43(47)55(46-30-25-36-13-3-4-14-38(36)54(46)56)44-17-7-10-20-48(44)57-49-21-11-8-18-45(49)55/h3-33H,1-2H3. The third-order valence-electron chi connectivity index (χ3n) is 13.6. The molecule has 0 amide bonds. The van der Waals surface area contributed by atoms with E-state index in [-0.39, 0.29) is 0 Å². The first-order valence-corrected chi connectivity index (χ1v) is 22.3. The first kappa shape index (κ1) is 32.2. The Morgan fingerprint density at radius 3 is 1.71 bits per heavy atom. The minimum absolute atomic E-state index is 0.612. The lowest BCUT2D eigenvalue weighted by Gasteiger charge is -2.49. The normalized spacial score (nSPS) is 15.1. The lowest BCUT2D eigenvalue weighted by molar-refractivity contribution is 0.434. The highest BCUT2D eigenvalue weighted by Gasteiger charge is 2.55. The first-order chi connectivity index (χ1) is 28.6. The van der Waals surface area contributed by atoms with Crippen molar-refractivity contribution in [2.45, 2.75) is 19.3 Å². The van der Waals surface area contributed by atoms with Crippen LogP contribution in [0.25, 0.3) is 33.0 Å². The molecule has 3 heteroatoms. The van der Waals surface area contributed by atoms with Crippen LogP contribution in [-0.4, -0.2) is 8.07 Å². The van der Waals surface area contributed by atoms with Crippen molar-refractivity contribution >= 4 is 56.7 Å². The van der Waals surface area contributed by atoms with Crippen LogP contribution in [0.15, 0.2) is 188 Å². The minimum atomic E-state index is -2.72. The van der Waals surface area contributed by atoms with Gasteiger partial charge in [-0.3, -0.25) is 0 Å². The molecule has 0 unspecified atom stereocenters. The summed E-state index contributed by atoms with van der Waals surface area (Å²) in [6.45, 7) is 4.51. The molecule has 2 nitrogen and oxygen atoms in total. The van der Waals surface area contributed by atoms with E-state index in [0.29, 0.717) is 0 Å². The molecule has 0 aliphatic carbocycles. The Morgan fingerprint density at radius 2 is 0.983 bits per heavy atom. The van der Waals surface area contributed by atoms with E-state index in [2.05, 4.69) is 207 Å². The van der Waals surface area contributed by atoms with E-state index in [1.165, 1.54) is 93.1 Å². The zero-order valence-electron chi connectivity index (χ0n) is 32.3. The van der Waals surface area contributed by atoms with Crippen LogP contribution < -0.4 is 30.4 Å². The Kier molecular flexibility index (Phi) is 6.29. The first-order valence-electron chi connectivity index (χ1n) is 20.3. The van der Waals surface area contributed by atoms with E-state index in [0.717, 1.165) is 22.6 Å². The van der Waals surface area contributed by atoms with Crippen LogP contribution in [0.5, 0.6) is 11.5 Å². The predicted octanol–water partition coefficient (Wildman–Crippen LogP) is 11.1. The summed E-state index contributed by atoms with van der Waals surface area (Å²) in [5.41, 5.74) is 15.9. The highest BCUT2D eigenvalue weighted by molar-refractivity contribution is 7.24. The van der Waals surface area contributed by atoms with Crippen molar-refractivity contribution in [1.29, 1.82) is 0 Å². The van der Waals surface area contributed by atoms with Gasteiger partial charge in [-0.15, -0.1) is 0 Å². The van der Waals surface area contributed by atoms with E-state index in [4.69, 9.17) is 4.74 Å². The van der Waals surface area contributed by atoms with Crippen LogP contribution in [0.4, 0.5) is 17.1 Å². The molecule has 9 aromatic carbocycles. The maximum absolute atomic E-state index is 6.73. The number of fused-ring (bicyclic) bond motifs is 20. The summed E-state index contributed by atoms with van der Waals surface area (Å²) in [6.07, 6.45) is 0. The third kappa shape index (κ3) is 3.83. The summed E-state index contributed by atoms with van der Waals surface area (Å²) in [6, 6.07) is 71.2. The summed E-state index contributed by atoms with van der Waals surface area (Å²) in [4.78, 5) is 2.59. The second-order valence-electron chi connectivity index (χ2n) is 16.5. The molecule has 272 valence electrons. The number of hydrogen-bond acceptors (Lipinski definition) is 2. The molecule has 9 aromatic rings. The maximum Gasteiger partial charge on any atom is 0.182 e. The van der Waals surface area contributed by atoms with Gasteiger partial charge < -0.3 is 9.64 Å². The largest absolute Gasteiger partial charge is 0.457 e. The van der Waals surface area contributed by atoms with E-state index < -0.39 is 13.5 Å². The fourth-order valence-corrected chi connectivity index (χ4v) is 17.3. The van der Waals surface area contributed by atoms with Crippen molar-refractivity contribution in [3.05, 3.63) is 221 Å². The lowest BCUT2D eigenvalue weighted by Crippen LogP contribution is -2.70. The zero-order valence-corrected chi connectivity index (χ0v) is 33.3. The highest BCUT2D eigenvalue weighted by atomic mass is 28.3. The molecule has 0 saturated heterocycles. The number of benzene rings is 9. The van der Waals surface area contributed by atoms with E-state index in [1.54, 1.807) is 0 Å². The smallest absolute Gasteiger partial charge is 0.182 e. The van der Waals surface area contributed by atoms with Crippen molar-refractivity contribution in [2.24, 2.45) is 0 Å². The molecule has 0 atom stereocenters. The zero-order chi connectivity index (χ0) is 38.3. The molecule has 0 aromatic heterocycles. The fourth-order valence-electron chi connectivity index (χ4n) is 11.4. The van der Waals surface area contributed by atoms with E-state index >= 15 is 0 Å². The Bertz CT molecular complexity index is 3170. The predicted molar refractivity (Wildman–Crippen MR) is 242 cm³/mol. The number of nitrogens with zero attached hydrogens (tertiary/aromatic N) is 1. The van der Waals surface area contributed by atoms with Gasteiger partial charge in [0, 0.05) is 22.2 Å². The van der Waals surface area contributed by atoms with Gasteiger partial charge in [0.05, 0.1) is 16.8 Å². The molecule has 0 radical (unpaired) electrons. The second-order valence-corrected chi connectivity index (χ2v) is 20.2. The molecule has 0 N–H and O–H groups in total. The Hall–Kier alpha value is -6.94. The van der Waals surface area contributed by atoms with Crippen LogP contribution >= 0.6 is 0 Å². The highest BCUT2D eigenvalue weighted by Crippen LogP contribution is 2.63. The number of aryl methyl sites for hydroxylation is 2. The monoisotopic (exact) mass is 755 g/mol. The second kappa shape index (κ2) is 11.3. The van der Waals surface area contributed by atoms with Crippen molar-refractivity contribution in [3.8, 4) is 33.8 Å². The number of hydrogen-bond donors (Lipinski definition) is 0. The Morgan fingerprint density at radius 1 is 0.431 bits per heavy atom. The van der Waals surface area contributed by atoms with Crippen molar-refractivity contribution in [1.82, 2.24) is 0 Å². The molecule has 13 rings (SSSR count). The van der Waals surface area contributed by atoms with Gasteiger partial charge in [-0.2, -0.15) is 0 Å². The van der Waals surface area contributed by atoms with E-state index in [1.807, 2.05) is 0 Å². The third-order valence-corrected chi connectivity index (χ3v) is 18.5. The molecule has 4 aliphatic rings. The van der Waals surface area contributed by atoms with Crippen molar-refractivity contribution in [3.63, 3.8) is 0 Å². The molecule has 2 spiro atoms. The lowest BCUT2D eigenvalue weighted by atomic mass is 9.61. The van der Waals surface area contributed by atoms with Gasteiger partial charge >= 0.3 is 0 Å². The van der Waals surface area contributed by atoms with Crippen LogP contribution in [0.3, 0.4) is 0 Å². The quantitative estimate of drug-likeness (QED) is 0.155. The topological polar surface area (TPSA) is 12.5 Å². The Balaban J connectivity index is 1.16. The Labute approximate surface area is 339 Å². The number of para-hydroxylation sites is 3. The summed E-state index contributed by atoms with van der Waals surface area (Å²) < 4.78 is 6.73. The molecule has 4 heterocycles. The average molecular weight is 756 g/mol. The fraction of sp³-hybridized carbons (Fsp3) is 0.0545. The van der Waals surface area contributed by atoms with Crippen LogP contribution in [0.1, 0.15) is 33.4 Å². The van der Waals surface area contributed by atoms with Crippen LogP contribution in [0.2, 0.25) is 0 Å². The van der Waals surface area contributed by atoms with Crippen molar-refractivity contribution in [2.75, 3.05) is 4.90 Å². The van der Waals surface area contributed by atoms with Crippen molar-refractivity contribution < 1.29 is 4.74 Å². The molecular weight excluding hydrogens is 719 g/mol. The van der Waals surface area contributed by atoms with Gasteiger partial charge in [0.25, 0.3) is 0 Å². The molecule has 4 aliphatic heterocycles. The molecule has 58 heavy (non-hydrogen) atoms. The SMILES string of the molecule is Cc1ccc2c(c1)[Si]1(c3ccccc3-c3ccc(N4c5ccccc5C5(c6ccccc6Oc6ccccc65)c5ccc6ccccc6c54)cc31)c1cc(C)ccc1-2. The van der Waals surface area contributed by atoms with Gasteiger partial charge in [-0.05, 0) is 104 Å². The van der Waals surface area contributed by atoms with E-state index in [9.17, 15) is 0 Å². The minimum Gasteiger partial charge on any atom is -0.457 e. The molecule has 0 fully saturated rings. The summed E-state index contributed by atoms with van der Waals surface area (Å²) >= 11 is 0. The number of rotatable bonds is 1. The summed E-state index contributed by atoms with van der Waals surface area (Å²) in [5, 5.41) is 8.44. The van der Waals surface area contributed by atoms with Gasteiger partial charge in [-0.25, -0.2) is 0 Å². The van der Waals surface area contributed by atoms with Gasteiger partial charge in [0.15, 0.2) is 8.07 Å². The van der Waals surface area contributed by atoms with Gasteiger partial charge in [0.2, 0.25) is 0 Å².